The Labute approximate surface area is 129 Å². The number of carbonyl (C=O) groups is 1. The third-order valence-electron chi connectivity index (χ3n) is 6.10. The molecular weight excluding hydrogens is 295 g/mol. The van der Waals surface area contributed by atoms with Crippen LogP contribution in [-0.4, -0.2) is 31.3 Å². The van der Waals surface area contributed by atoms with Gasteiger partial charge in [0.25, 0.3) is 0 Å². The number of rotatable bonds is 5. The number of ether oxygens (including phenoxy) is 1. The minimum atomic E-state index is -4.28. The molecule has 0 spiro atoms. The van der Waals surface area contributed by atoms with E-state index in [9.17, 15) is 18.0 Å². The number of hydrogen-bond acceptors (Lipinski definition) is 2. The molecular formula is C16H24F3NO2. The van der Waals surface area contributed by atoms with E-state index < -0.39 is 24.9 Å². The lowest BCUT2D eigenvalue weighted by Crippen LogP contribution is -2.63. The van der Waals surface area contributed by atoms with E-state index in [-0.39, 0.29) is 5.60 Å². The third-order valence-corrected chi connectivity index (χ3v) is 6.10. The summed E-state index contributed by atoms with van der Waals surface area (Å²) < 4.78 is 42.4. The molecule has 4 saturated carbocycles. The lowest BCUT2D eigenvalue weighted by atomic mass is 9.49. The summed E-state index contributed by atoms with van der Waals surface area (Å²) >= 11 is 0. The predicted octanol–water partition coefficient (Wildman–Crippen LogP) is 3.29. The number of amides is 1. The number of halogens is 3. The van der Waals surface area contributed by atoms with Gasteiger partial charge in [-0.15, -0.1) is 0 Å². The van der Waals surface area contributed by atoms with Crippen LogP contribution in [0.3, 0.4) is 0 Å². The average molecular weight is 319 g/mol. The molecule has 22 heavy (non-hydrogen) atoms. The summed E-state index contributed by atoms with van der Waals surface area (Å²) in [5, 5.41) is 2.71. The fourth-order valence-corrected chi connectivity index (χ4v) is 5.26. The second-order valence-corrected chi connectivity index (χ2v) is 7.36. The summed E-state index contributed by atoms with van der Waals surface area (Å²) in [6, 6.07) is 0. The monoisotopic (exact) mass is 319 g/mol. The summed E-state index contributed by atoms with van der Waals surface area (Å²) in [5.74, 6) is 1.93. The molecule has 4 rings (SSSR count). The van der Waals surface area contributed by atoms with Crippen molar-refractivity contribution in [2.75, 3.05) is 13.7 Å². The molecule has 3 nitrogen and oxygen atoms in total. The van der Waals surface area contributed by atoms with Crippen LogP contribution in [0.4, 0.5) is 13.2 Å². The smallest absolute Gasteiger partial charge is 0.376 e. The molecule has 0 aromatic rings. The van der Waals surface area contributed by atoms with Crippen LogP contribution in [0.2, 0.25) is 0 Å². The number of hydrogen-bond donors (Lipinski definition) is 1. The van der Waals surface area contributed by atoms with E-state index in [2.05, 4.69) is 5.32 Å². The maximum Gasteiger partial charge on any atom is 0.389 e. The van der Waals surface area contributed by atoms with Gasteiger partial charge in [-0.2, -0.15) is 13.2 Å². The predicted molar refractivity (Wildman–Crippen MR) is 75.1 cm³/mol. The summed E-state index contributed by atoms with van der Waals surface area (Å²) in [6.45, 7) is 0.356. The van der Waals surface area contributed by atoms with Crippen molar-refractivity contribution in [1.29, 1.82) is 0 Å². The number of methoxy groups -OCH3 is 1. The van der Waals surface area contributed by atoms with E-state index in [1.54, 1.807) is 7.11 Å². The molecule has 6 heteroatoms. The molecule has 0 unspecified atom stereocenters. The Balaban J connectivity index is 1.59. The van der Waals surface area contributed by atoms with E-state index >= 15 is 0 Å². The molecule has 4 aliphatic carbocycles. The van der Waals surface area contributed by atoms with Crippen molar-refractivity contribution in [2.45, 2.75) is 56.7 Å². The van der Waals surface area contributed by atoms with E-state index in [0.717, 1.165) is 37.5 Å². The lowest BCUT2D eigenvalue weighted by molar-refractivity contribution is -0.188. The molecule has 0 radical (unpaired) electrons. The van der Waals surface area contributed by atoms with Crippen molar-refractivity contribution in [1.82, 2.24) is 5.32 Å². The normalized spacial score (nSPS) is 40.0. The van der Waals surface area contributed by atoms with Gasteiger partial charge in [-0.05, 0) is 55.8 Å². The highest BCUT2D eigenvalue weighted by Crippen LogP contribution is 2.59. The Morgan fingerprint density at radius 3 is 2.14 bits per heavy atom. The first-order valence-electron chi connectivity index (χ1n) is 8.21. The van der Waals surface area contributed by atoms with Crippen molar-refractivity contribution in [2.24, 2.45) is 23.7 Å². The first kappa shape index (κ1) is 16.1. The van der Waals surface area contributed by atoms with Crippen LogP contribution in [0.1, 0.15) is 44.9 Å². The molecule has 0 aliphatic heterocycles. The minimum Gasteiger partial charge on any atom is -0.376 e. The molecule has 0 atom stereocenters. The molecule has 0 aromatic carbocycles. The molecule has 4 bridgehead atoms. The van der Waals surface area contributed by atoms with Gasteiger partial charge in [0.1, 0.15) is 0 Å². The zero-order chi connectivity index (χ0) is 16.0. The van der Waals surface area contributed by atoms with Crippen molar-refractivity contribution in [3.8, 4) is 0 Å². The van der Waals surface area contributed by atoms with Crippen LogP contribution in [0.25, 0.3) is 0 Å². The molecule has 0 aromatic heterocycles. The maximum absolute atomic E-state index is 12.2. The van der Waals surface area contributed by atoms with Gasteiger partial charge in [-0.3, -0.25) is 4.79 Å². The van der Waals surface area contributed by atoms with Gasteiger partial charge in [0.2, 0.25) is 5.91 Å². The van der Waals surface area contributed by atoms with Crippen LogP contribution in [0.5, 0.6) is 0 Å². The Bertz CT molecular complexity index is 408. The van der Waals surface area contributed by atoms with Crippen LogP contribution in [-0.2, 0) is 9.53 Å². The lowest BCUT2D eigenvalue weighted by Gasteiger charge is -2.60. The second-order valence-electron chi connectivity index (χ2n) is 7.36. The second kappa shape index (κ2) is 5.69. The topological polar surface area (TPSA) is 38.3 Å². The standard InChI is InChI=1S/C16H24F3NO2/c1-22-15(9-20-14(21)2-3-16(17,18)19)12-5-10-4-11(7-12)8-13(15)6-10/h10-13H,2-9H2,1H3,(H,20,21). The highest BCUT2D eigenvalue weighted by molar-refractivity contribution is 5.76. The van der Waals surface area contributed by atoms with Gasteiger partial charge in [0.05, 0.1) is 12.0 Å². The van der Waals surface area contributed by atoms with Gasteiger partial charge in [-0.1, -0.05) is 0 Å². The fourth-order valence-electron chi connectivity index (χ4n) is 5.26. The Hall–Kier alpha value is -0.780. The van der Waals surface area contributed by atoms with Crippen molar-refractivity contribution < 1.29 is 22.7 Å². The van der Waals surface area contributed by atoms with Gasteiger partial charge in [0.15, 0.2) is 0 Å². The van der Waals surface area contributed by atoms with Gasteiger partial charge in [-0.25, -0.2) is 0 Å². The largest absolute Gasteiger partial charge is 0.389 e. The fraction of sp³-hybridized carbons (Fsp3) is 0.938. The molecule has 4 aliphatic rings. The number of alkyl halides is 3. The number of carbonyl (C=O) groups excluding carboxylic acids is 1. The Morgan fingerprint density at radius 2 is 1.68 bits per heavy atom. The van der Waals surface area contributed by atoms with Crippen LogP contribution in [0, 0.1) is 23.7 Å². The van der Waals surface area contributed by atoms with Crippen LogP contribution < -0.4 is 5.32 Å². The van der Waals surface area contributed by atoms with Crippen LogP contribution in [0.15, 0.2) is 0 Å². The zero-order valence-electron chi connectivity index (χ0n) is 12.9. The molecule has 4 fully saturated rings. The molecule has 126 valence electrons. The summed E-state index contributed by atoms with van der Waals surface area (Å²) in [7, 11) is 1.68. The zero-order valence-corrected chi connectivity index (χ0v) is 12.9. The first-order chi connectivity index (χ1) is 10.3. The Morgan fingerprint density at radius 1 is 1.14 bits per heavy atom. The van der Waals surface area contributed by atoms with Crippen LogP contribution >= 0.6 is 0 Å². The average Bonchev–Trinajstić information content (AvgIpc) is 2.44. The van der Waals surface area contributed by atoms with E-state index in [1.165, 1.54) is 6.42 Å². The van der Waals surface area contributed by atoms with Crippen molar-refractivity contribution >= 4 is 5.91 Å². The molecule has 0 heterocycles. The number of nitrogens with one attached hydrogen (secondary N) is 1. The highest BCUT2D eigenvalue weighted by atomic mass is 19.4. The quantitative estimate of drug-likeness (QED) is 0.844. The highest BCUT2D eigenvalue weighted by Gasteiger charge is 2.57. The summed E-state index contributed by atoms with van der Waals surface area (Å²) in [5.41, 5.74) is -0.360. The summed E-state index contributed by atoms with van der Waals surface area (Å²) in [4.78, 5) is 11.7. The van der Waals surface area contributed by atoms with E-state index in [1.807, 2.05) is 0 Å². The third kappa shape index (κ3) is 2.99. The van der Waals surface area contributed by atoms with Crippen molar-refractivity contribution in [3.05, 3.63) is 0 Å². The van der Waals surface area contributed by atoms with Gasteiger partial charge < -0.3 is 10.1 Å². The molecule has 1 N–H and O–H groups in total. The van der Waals surface area contributed by atoms with Crippen molar-refractivity contribution in [3.63, 3.8) is 0 Å². The molecule has 1 amide bonds. The van der Waals surface area contributed by atoms with E-state index in [4.69, 9.17) is 4.74 Å². The Kier molecular flexibility index (Phi) is 4.16. The van der Waals surface area contributed by atoms with E-state index in [0.29, 0.717) is 18.4 Å². The summed E-state index contributed by atoms with van der Waals surface area (Å²) in [6.07, 6.45) is 0.0421. The first-order valence-corrected chi connectivity index (χ1v) is 8.21. The molecule has 0 saturated heterocycles. The minimum absolute atomic E-state index is 0.356. The maximum atomic E-state index is 12.2. The van der Waals surface area contributed by atoms with Gasteiger partial charge in [0, 0.05) is 20.1 Å². The SMILES string of the molecule is COC1(CNC(=O)CCC(F)(F)F)C2CC3CC(C2)CC1C3. The van der Waals surface area contributed by atoms with Gasteiger partial charge >= 0.3 is 6.18 Å².